The van der Waals surface area contributed by atoms with E-state index in [0.29, 0.717) is 38.8 Å². The second kappa shape index (κ2) is 22.7. The molecule has 0 radical (unpaired) electrons. The van der Waals surface area contributed by atoms with E-state index in [4.69, 9.17) is 0 Å². The van der Waals surface area contributed by atoms with Gasteiger partial charge in [-0.15, -0.1) is 0 Å². The summed E-state index contributed by atoms with van der Waals surface area (Å²) in [4.78, 5) is 85.5. The molecule has 2 aromatic rings. The van der Waals surface area contributed by atoms with Crippen LogP contribution in [0.1, 0.15) is 167 Å². The third kappa shape index (κ3) is 11.0. The van der Waals surface area contributed by atoms with Gasteiger partial charge >= 0.3 is 12.1 Å². The predicted octanol–water partition coefficient (Wildman–Crippen LogP) is 10.1. The number of para-hydroxylation sites is 2. The average molecular weight is 869 g/mol. The lowest BCUT2D eigenvalue weighted by molar-refractivity contribution is -0.137. The lowest BCUT2D eigenvalue weighted by atomic mass is 9.80. The Kier molecular flexibility index (Phi) is 17.8. The molecule has 2 heterocycles. The van der Waals surface area contributed by atoms with E-state index in [1.165, 1.54) is 22.6 Å². The van der Waals surface area contributed by atoms with Crippen molar-refractivity contribution in [1.29, 1.82) is 0 Å². The molecule has 2 aliphatic heterocycles. The van der Waals surface area contributed by atoms with Crippen molar-refractivity contribution in [2.45, 2.75) is 182 Å². The van der Waals surface area contributed by atoms with Crippen molar-refractivity contribution in [1.82, 2.24) is 19.6 Å². The highest BCUT2D eigenvalue weighted by molar-refractivity contribution is 6.11. The molecule has 2 spiro atoms. The van der Waals surface area contributed by atoms with Gasteiger partial charge in [0.05, 0.1) is 0 Å². The van der Waals surface area contributed by atoms with Crippen LogP contribution in [0.5, 0.6) is 0 Å². The molecule has 0 aromatic heterocycles. The molecule has 12 heteroatoms. The van der Waals surface area contributed by atoms with Crippen LogP contribution in [0.4, 0.5) is 21.0 Å². The van der Waals surface area contributed by atoms with Gasteiger partial charge in [-0.05, 0) is 86.0 Å². The lowest BCUT2D eigenvalue weighted by Crippen LogP contribution is -2.52. The van der Waals surface area contributed by atoms with Crippen LogP contribution in [-0.2, 0) is 44.9 Å². The maximum Gasteiger partial charge on any atom is 0.328 e. The molecule has 0 unspecified atom stereocenters. The maximum atomic E-state index is 13.6. The van der Waals surface area contributed by atoms with Gasteiger partial charge in [0.1, 0.15) is 24.2 Å². The molecule has 4 aliphatic rings. The highest BCUT2D eigenvalue weighted by atomic mass is 16.2. The van der Waals surface area contributed by atoms with E-state index in [9.17, 15) is 28.8 Å². The van der Waals surface area contributed by atoms with Crippen molar-refractivity contribution < 1.29 is 28.8 Å². The molecule has 2 N–H and O–H groups in total. The van der Waals surface area contributed by atoms with Crippen LogP contribution in [-0.4, -0.2) is 92.5 Å². The predicted molar refractivity (Wildman–Crippen MR) is 251 cm³/mol. The van der Waals surface area contributed by atoms with E-state index in [2.05, 4.69) is 59.1 Å². The number of unbranched alkanes of at least 4 members (excludes halogenated alkanes) is 4. The smallest absolute Gasteiger partial charge is 0.324 e. The van der Waals surface area contributed by atoms with E-state index in [1.54, 1.807) is 4.90 Å². The van der Waals surface area contributed by atoms with Crippen LogP contribution in [0.15, 0.2) is 36.4 Å². The number of imide groups is 2. The minimum absolute atomic E-state index is 0.171. The van der Waals surface area contributed by atoms with Gasteiger partial charge in [-0.2, -0.15) is 0 Å². The Morgan fingerprint density at radius 3 is 1.32 bits per heavy atom. The van der Waals surface area contributed by atoms with Crippen molar-refractivity contribution in [3.05, 3.63) is 58.7 Å². The number of rotatable bonds is 18. The average Bonchev–Trinajstić information content (AvgIpc) is 3.57. The van der Waals surface area contributed by atoms with Crippen molar-refractivity contribution in [3.63, 3.8) is 0 Å². The van der Waals surface area contributed by atoms with Crippen LogP contribution in [0.2, 0.25) is 0 Å². The monoisotopic (exact) mass is 869 g/mol. The van der Waals surface area contributed by atoms with E-state index in [-0.39, 0.29) is 54.7 Å². The molecule has 6 rings (SSSR count). The Balaban J connectivity index is 0.000000239. The minimum Gasteiger partial charge on any atom is -0.324 e. The Labute approximate surface area is 377 Å². The topological polar surface area (TPSA) is 139 Å². The van der Waals surface area contributed by atoms with Crippen molar-refractivity contribution >= 4 is 47.1 Å². The number of amides is 8. The zero-order valence-corrected chi connectivity index (χ0v) is 39.5. The van der Waals surface area contributed by atoms with Crippen LogP contribution in [0, 0.1) is 5.92 Å². The molecule has 12 nitrogen and oxygen atoms in total. The number of anilines is 2. The van der Waals surface area contributed by atoms with Gasteiger partial charge < -0.3 is 20.4 Å². The fourth-order valence-corrected chi connectivity index (χ4v) is 10.3. The number of hydrogen-bond donors (Lipinski definition) is 2. The number of urea groups is 2. The molecule has 2 saturated heterocycles. The summed E-state index contributed by atoms with van der Waals surface area (Å²) in [6, 6.07) is 11.4. The van der Waals surface area contributed by atoms with E-state index < -0.39 is 11.1 Å². The quantitative estimate of drug-likeness (QED) is 0.113. The number of carbonyl (C=O) groups excluding carboxylic acids is 6. The van der Waals surface area contributed by atoms with Crippen molar-refractivity contribution in [2.24, 2.45) is 5.92 Å². The summed E-state index contributed by atoms with van der Waals surface area (Å²) < 4.78 is 0. The first-order valence-corrected chi connectivity index (χ1v) is 24.4. The number of aryl methyl sites for hydroxylation is 4. The molecule has 346 valence electrons. The van der Waals surface area contributed by atoms with Gasteiger partial charge in [-0.25, -0.2) is 9.59 Å². The van der Waals surface area contributed by atoms with E-state index >= 15 is 0 Å². The van der Waals surface area contributed by atoms with Gasteiger partial charge in [0.15, 0.2) is 0 Å². The van der Waals surface area contributed by atoms with Gasteiger partial charge in [0.2, 0.25) is 11.8 Å². The third-order valence-corrected chi connectivity index (χ3v) is 13.8. The fraction of sp³-hybridized carbons (Fsp3) is 0.647. The van der Waals surface area contributed by atoms with Crippen LogP contribution < -0.4 is 10.6 Å². The number of carbonyl (C=O) groups is 6. The first kappa shape index (κ1) is 49.3. The van der Waals surface area contributed by atoms with E-state index in [1.807, 2.05) is 41.3 Å². The molecule has 2 aliphatic carbocycles. The van der Waals surface area contributed by atoms with Gasteiger partial charge in [0, 0.05) is 24.5 Å². The van der Waals surface area contributed by atoms with Crippen LogP contribution in [0.25, 0.3) is 0 Å². The Morgan fingerprint density at radius 2 is 0.937 bits per heavy atom. The maximum absolute atomic E-state index is 13.6. The van der Waals surface area contributed by atoms with Crippen LogP contribution >= 0.6 is 0 Å². The summed E-state index contributed by atoms with van der Waals surface area (Å²) in [7, 11) is 0. The summed E-state index contributed by atoms with van der Waals surface area (Å²) in [6.45, 7) is 15.2. The zero-order chi connectivity index (χ0) is 45.7. The molecule has 2 aromatic carbocycles. The Bertz CT molecular complexity index is 1890. The minimum atomic E-state index is -0.754. The summed E-state index contributed by atoms with van der Waals surface area (Å²) in [5.41, 5.74) is 4.41. The SMILES string of the molecule is CCCCCCCN1C(=O)N(CC(=O)Nc2c(CC)cccc2CC)C(=O)C12CCCCC2.CCc1cccc(CC)c1NC(=O)CN1C(=O)N(CC(C)C)C2(CCCCC2)C1=O. The molecule has 2 saturated carbocycles. The Morgan fingerprint density at radius 1 is 0.556 bits per heavy atom. The third-order valence-electron chi connectivity index (χ3n) is 13.8. The van der Waals surface area contributed by atoms with Crippen LogP contribution in [0.3, 0.4) is 0 Å². The van der Waals surface area contributed by atoms with Crippen molar-refractivity contribution in [3.8, 4) is 0 Å². The Hall–Kier alpha value is -4.74. The highest BCUT2D eigenvalue weighted by Gasteiger charge is 2.58. The highest BCUT2D eigenvalue weighted by Crippen LogP contribution is 2.42. The van der Waals surface area contributed by atoms with Gasteiger partial charge in [-0.3, -0.25) is 29.0 Å². The lowest BCUT2D eigenvalue weighted by Gasteiger charge is -2.39. The molecule has 4 fully saturated rings. The molecular weight excluding hydrogens is 793 g/mol. The number of benzene rings is 2. The fourth-order valence-electron chi connectivity index (χ4n) is 10.3. The molecule has 0 atom stereocenters. The normalized spacial score (nSPS) is 18.2. The first-order chi connectivity index (χ1) is 30.3. The molecule has 8 amide bonds. The van der Waals surface area contributed by atoms with Gasteiger partial charge in [-0.1, -0.05) is 149 Å². The standard InChI is InChI=1S/C27H41N3O3.C24H35N3O3/c1-4-7-8-9-13-19-30-26(33)29(25(32)27(30)17-11-10-12-18-27)20-23(31)28-24-21(5-2)15-14-16-22(24)6-3;1-5-18-11-10-12-19(6-2)21(18)25-20(28)16-26-22(29)24(13-8-7-9-14-24)27(23(26)30)15-17(3)4/h14-16H,4-13,17-20H2,1-3H3,(H,28,31);10-12,17H,5-9,13-16H2,1-4H3,(H,25,28). The number of nitrogens with one attached hydrogen (secondary N) is 2. The van der Waals surface area contributed by atoms with E-state index in [0.717, 1.165) is 117 Å². The first-order valence-electron chi connectivity index (χ1n) is 24.4. The zero-order valence-electron chi connectivity index (χ0n) is 39.5. The summed E-state index contributed by atoms with van der Waals surface area (Å²) in [5, 5.41) is 6.01. The van der Waals surface area contributed by atoms with Gasteiger partial charge in [0.25, 0.3) is 11.8 Å². The summed E-state index contributed by atoms with van der Waals surface area (Å²) >= 11 is 0. The molecule has 63 heavy (non-hydrogen) atoms. The molecule has 0 bridgehead atoms. The second-order valence-electron chi connectivity index (χ2n) is 18.5. The summed E-state index contributed by atoms with van der Waals surface area (Å²) in [5.74, 6) is -0.719. The number of hydrogen-bond acceptors (Lipinski definition) is 6. The number of nitrogens with zero attached hydrogens (tertiary/aromatic N) is 4. The second-order valence-corrected chi connectivity index (χ2v) is 18.5. The summed E-state index contributed by atoms with van der Waals surface area (Å²) in [6.07, 6.45) is 17.5. The van der Waals surface area contributed by atoms with Crippen molar-refractivity contribution in [2.75, 3.05) is 36.8 Å². The largest absolute Gasteiger partial charge is 0.328 e. The molecular formula is C51H76N6O6.